The fraction of sp³-hybridized carbons (Fsp3) is 0.476. The fourth-order valence-electron chi connectivity index (χ4n) is 4.25. The number of morpholine rings is 1. The number of amides is 1. The number of hydrogen-bond acceptors (Lipinski definition) is 5. The van der Waals surface area contributed by atoms with Gasteiger partial charge in [-0.1, -0.05) is 25.0 Å². The van der Waals surface area contributed by atoms with E-state index < -0.39 is 15.4 Å². The molecule has 0 radical (unpaired) electrons. The highest BCUT2D eigenvalue weighted by molar-refractivity contribution is 7.91. The van der Waals surface area contributed by atoms with Gasteiger partial charge in [0.15, 0.2) is 0 Å². The number of halogens is 1. The smallest absolute Gasteiger partial charge is 0.252 e. The molecule has 1 saturated carbocycles. The van der Waals surface area contributed by atoms with Crippen molar-refractivity contribution in [3.63, 3.8) is 0 Å². The zero-order chi connectivity index (χ0) is 21.2. The Morgan fingerprint density at radius 1 is 1.17 bits per heavy atom. The molecule has 1 amide bonds. The third kappa shape index (κ3) is 4.16. The number of benzene rings is 1. The molecule has 9 heteroatoms. The summed E-state index contributed by atoms with van der Waals surface area (Å²) < 4.78 is 46.3. The third-order valence-corrected chi connectivity index (χ3v) is 9.34. The largest absolute Gasteiger partial charge is 0.379 e. The van der Waals surface area contributed by atoms with E-state index in [4.69, 9.17) is 4.74 Å². The van der Waals surface area contributed by atoms with Crippen LogP contribution in [-0.4, -0.2) is 44.9 Å². The average Bonchev–Trinajstić information content (AvgIpc) is 3.44. The van der Waals surface area contributed by atoms with Gasteiger partial charge in [-0.2, -0.15) is 4.31 Å². The first kappa shape index (κ1) is 21.4. The first-order chi connectivity index (χ1) is 14.4. The summed E-state index contributed by atoms with van der Waals surface area (Å²) in [6, 6.07) is 9.61. The van der Waals surface area contributed by atoms with Gasteiger partial charge in [-0.3, -0.25) is 4.79 Å². The van der Waals surface area contributed by atoms with Crippen LogP contribution in [-0.2, 0) is 31.5 Å². The van der Waals surface area contributed by atoms with Crippen LogP contribution in [0, 0.1) is 5.82 Å². The van der Waals surface area contributed by atoms with E-state index in [1.807, 2.05) is 6.07 Å². The maximum Gasteiger partial charge on any atom is 0.252 e. The Hall–Kier alpha value is -1.81. The van der Waals surface area contributed by atoms with Gasteiger partial charge in [-0.25, -0.2) is 12.8 Å². The highest BCUT2D eigenvalue weighted by atomic mass is 32.2. The number of ether oxygens (including phenoxy) is 1. The van der Waals surface area contributed by atoms with E-state index in [9.17, 15) is 17.6 Å². The van der Waals surface area contributed by atoms with Crippen molar-refractivity contribution < 1.29 is 22.3 Å². The van der Waals surface area contributed by atoms with Crippen molar-refractivity contribution >= 4 is 27.3 Å². The zero-order valence-electron chi connectivity index (χ0n) is 16.6. The minimum Gasteiger partial charge on any atom is -0.379 e. The van der Waals surface area contributed by atoms with Crippen molar-refractivity contribution in [1.82, 2.24) is 9.62 Å². The molecule has 1 aromatic carbocycles. The summed E-state index contributed by atoms with van der Waals surface area (Å²) in [6.45, 7) is 1.75. The van der Waals surface area contributed by atoms with E-state index >= 15 is 0 Å². The molecule has 2 aromatic rings. The predicted molar refractivity (Wildman–Crippen MR) is 112 cm³/mol. The molecule has 6 nitrogen and oxygen atoms in total. The van der Waals surface area contributed by atoms with Crippen LogP contribution in [0.2, 0.25) is 0 Å². The Morgan fingerprint density at radius 3 is 2.60 bits per heavy atom. The van der Waals surface area contributed by atoms with Gasteiger partial charge in [-0.15, -0.1) is 11.3 Å². The summed E-state index contributed by atoms with van der Waals surface area (Å²) in [4.78, 5) is 13.9. The maximum absolute atomic E-state index is 13.8. The van der Waals surface area contributed by atoms with Crippen molar-refractivity contribution in [2.24, 2.45) is 0 Å². The van der Waals surface area contributed by atoms with Crippen LogP contribution in [0.25, 0.3) is 0 Å². The molecule has 1 saturated heterocycles. The number of sulfonamides is 1. The Bertz CT molecular complexity index is 1010. The van der Waals surface area contributed by atoms with Crippen LogP contribution in [0.5, 0.6) is 0 Å². The summed E-state index contributed by atoms with van der Waals surface area (Å²) in [5.74, 6) is -0.473. The van der Waals surface area contributed by atoms with Crippen molar-refractivity contribution in [1.29, 1.82) is 0 Å². The highest BCUT2D eigenvalue weighted by Crippen LogP contribution is 2.41. The number of nitrogens with zero attached hydrogens (tertiary/aromatic N) is 1. The summed E-state index contributed by atoms with van der Waals surface area (Å²) in [6.07, 6.45) is 3.21. The Morgan fingerprint density at radius 2 is 1.90 bits per heavy atom. The Balaban J connectivity index is 1.46. The van der Waals surface area contributed by atoms with Gasteiger partial charge < -0.3 is 10.1 Å². The number of thiophene rings is 1. The third-order valence-electron chi connectivity index (χ3n) is 5.89. The van der Waals surface area contributed by atoms with Crippen molar-refractivity contribution in [3.8, 4) is 0 Å². The van der Waals surface area contributed by atoms with Crippen LogP contribution in [0.1, 0.15) is 36.1 Å². The second kappa shape index (κ2) is 8.74. The topological polar surface area (TPSA) is 75.7 Å². The van der Waals surface area contributed by atoms with Crippen molar-refractivity contribution in [3.05, 3.63) is 52.7 Å². The second-order valence-electron chi connectivity index (χ2n) is 7.72. The standard InChI is InChI=1S/C21H25FN2O4S2/c22-17-5-3-4-16(14-17)21(8-1-2-9-21)20(25)23-15-18-6-7-19(29-18)30(26,27)24-10-12-28-13-11-24/h3-7,14H,1-2,8-13,15H2,(H,23,25). The summed E-state index contributed by atoms with van der Waals surface area (Å²) >= 11 is 1.17. The van der Waals surface area contributed by atoms with E-state index in [1.54, 1.807) is 18.2 Å². The number of nitrogens with one attached hydrogen (secondary N) is 1. The molecule has 30 heavy (non-hydrogen) atoms. The molecule has 0 unspecified atom stereocenters. The van der Waals surface area contributed by atoms with Crippen molar-refractivity contribution in [2.45, 2.75) is 41.9 Å². The normalized spacial score (nSPS) is 19.6. The van der Waals surface area contributed by atoms with Gasteiger partial charge in [0.05, 0.1) is 25.2 Å². The molecular weight excluding hydrogens is 427 g/mol. The first-order valence-electron chi connectivity index (χ1n) is 10.1. The van der Waals surface area contributed by atoms with Gasteiger partial charge in [0.25, 0.3) is 10.0 Å². The molecule has 2 heterocycles. The molecule has 1 aliphatic carbocycles. The molecule has 4 rings (SSSR count). The lowest BCUT2D eigenvalue weighted by Gasteiger charge is -2.28. The van der Waals surface area contributed by atoms with E-state index in [-0.39, 0.29) is 22.5 Å². The first-order valence-corrected chi connectivity index (χ1v) is 12.4. The lowest BCUT2D eigenvalue weighted by atomic mass is 9.78. The molecule has 1 aromatic heterocycles. The van der Waals surface area contributed by atoms with Gasteiger partial charge in [0.2, 0.25) is 5.91 Å². The van der Waals surface area contributed by atoms with Crippen LogP contribution in [0.15, 0.2) is 40.6 Å². The van der Waals surface area contributed by atoms with Gasteiger partial charge >= 0.3 is 0 Å². The average molecular weight is 453 g/mol. The summed E-state index contributed by atoms with van der Waals surface area (Å²) in [7, 11) is -3.54. The molecule has 2 aliphatic rings. The number of carbonyl (C=O) groups excluding carboxylic acids is 1. The van der Waals surface area contributed by atoms with Crippen LogP contribution < -0.4 is 5.32 Å². The van der Waals surface area contributed by atoms with Crippen LogP contribution in [0.4, 0.5) is 4.39 Å². The quantitative estimate of drug-likeness (QED) is 0.731. The molecule has 2 fully saturated rings. The van der Waals surface area contributed by atoms with Gasteiger partial charge in [0.1, 0.15) is 10.0 Å². The van der Waals surface area contributed by atoms with E-state index in [0.717, 1.165) is 17.7 Å². The number of carbonyl (C=O) groups is 1. The lowest BCUT2D eigenvalue weighted by molar-refractivity contribution is -0.126. The molecule has 1 aliphatic heterocycles. The number of rotatable bonds is 6. The highest BCUT2D eigenvalue weighted by Gasteiger charge is 2.42. The number of hydrogen-bond donors (Lipinski definition) is 1. The lowest BCUT2D eigenvalue weighted by Crippen LogP contribution is -2.42. The van der Waals surface area contributed by atoms with Gasteiger partial charge in [-0.05, 0) is 42.7 Å². The molecule has 162 valence electrons. The van der Waals surface area contributed by atoms with E-state index in [0.29, 0.717) is 44.7 Å². The van der Waals surface area contributed by atoms with Gasteiger partial charge in [0, 0.05) is 18.0 Å². The Labute approximate surface area is 180 Å². The monoisotopic (exact) mass is 452 g/mol. The second-order valence-corrected chi connectivity index (χ2v) is 11.1. The predicted octanol–water partition coefficient (Wildman–Crippen LogP) is 3.04. The Kier molecular flexibility index (Phi) is 6.24. The molecule has 0 spiro atoms. The zero-order valence-corrected chi connectivity index (χ0v) is 18.2. The molecule has 0 bridgehead atoms. The van der Waals surface area contributed by atoms with E-state index in [1.165, 1.54) is 27.8 Å². The molecule has 0 atom stereocenters. The minimum atomic E-state index is -3.54. The maximum atomic E-state index is 13.8. The van der Waals surface area contributed by atoms with E-state index in [2.05, 4.69) is 5.32 Å². The SMILES string of the molecule is O=C(NCc1ccc(S(=O)(=O)N2CCOCC2)s1)C1(c2cccc(F)c2)CCCC1. The van der Waals surface area contributed by atoms with Crippen molar-refractivity contribution in [2.75, 3.05) is 26.3 Å². The molecule has 1 N–H and O–H groups in total. The minimum absolute atomic E-state index is 0.128. The summed E-state index contributed by atoms with van der Waals surface area (Å²) in [5.41, 5.74) is -0.0125. The van der Waals surface area contributed by atoms with Crippen LogP contribution >= 0.6 is 11.3 Å². The van der Waals surface area contributed by atoms with Crippen LogP contribution in [0.3, 0.4) is 0 Å². The molecular formula is C21H25FN2O4S2. The summed E-state index contributed by atoms with van der Waals surface area (Å²) in [5, 5.41) is 2.96. The fourth-order valence-corrected chi connectivity index (χ4v) is 7.11.